The minimum absolute atomic E-state index is 0. The standard InChI is InChI=1S/6CH3.La.3Li/h6*1H3;;;;/q6*-1;+3;3*+1. The van der Waals surface area contributed by atoms with Gasteiger partial charge in [0.25, 0.3) is 0 Å². The Labute approximate surface area is 135 Å². The number of hydrogen-bond donors (Lipinski definition) is 0. The molecule has 0 aliphatic carbocycles. The van der Waals surface area contributed by atoms with E-state index >= 15 is 0 Å². The van der Waals surface area contributed by atoms with Crippen molar-refractivity contribution in [1.82, 2.24) is 0 Å². The van der Waals surface area contributed by atoms with Crippen LogP contribution >= 0.6 is 0 Å². The van der Waals surface area contributed by atoms with E-state index in [1.165, 1.54) is 0 Å². The Morgan fingerprint density at radius 1 is 0.300 bits per heavy atom. The molecule has 0 radical (unpaired) electrons. The van der Waals surface area contributed by atoms with Crippen molar-refractivity contribution in [2.24, 2.45) is 0 Å². The van der Waals surface area contributed by atoms with Gasteiger partial charge in [-0.3, -0.25) is 0 Å². The zero-order valence-electron chi connectivity index (χ0n) is 9.58. The predicted octanol–water partition coefficient (Wildman–Crippen LogP) is -6.29. The van der Waals surface area contributed by atoms with Gasteiger partial charge in [0.05, 0.1) is 0 Å². The molecular weight excluding hydrogens is 232 g/mol. The van der Waals surface area contributed by atoms with E-state index in [2.05, 4.69) is 0 Å². The van der Waals surface area contributed by atoms with E-state index in [0.29, 0.717) is 0 Å². The van der Waals surface area contributed by atoms with Crippen LogP contribution in [-0.2, 0) is 0 Å². The van der Waals surface area contributed by atoms with Gasteiger partial charge in [0.2, 0.25) is 0 Å². The first-order valence-corrected chi connectivity index (χ1v) is 0. The maximum atomic E-state index is 0. The van der Waals surface area contributed by atoms with Crippen molar-refractivity contribution in [2.45, 2.75) is 0 Å². The van der Waals surface area contributed by atoms with Gasteiger partial charge in [0, 0.05) is 0 Å². The molecule has 0 bridgehead atoms. The van der Waals surface area contributed by atoms with Gasteiger partial charge in [-0.05, 0) is 0 Å². The second-order valence-electron chi connectivity index (χ2n) is 0. The van der Waals surface area contributed by atoms with Gasteiger partial charge < -0.3 is 44.6 Å². The number of hydrogen-bond acceptors (Lipinski definition) is 0. The van der Waals surface area contributed by atoms with E-state index in [-0.39, 0.29) is 137 Å². The summed E-state index contributed by atoms with van der Waals surface area (Å²) >= 11 is 0. The molecule has 10 heavy (non-hydrogen) atoms. The van der Waals surface area contributed by atoms with Gasteiger partial charge in [-0.25, -0.2) is 0 Å². The predicted molar refractivity (Wildman–Crippen MR) is 38.5 cm³/mol. The van der Waals surface area contributed by atoms with Crippen LogP contribution in [0, 0.1) is 80.2 Å². The molecule has 0 unspecified atom stereocenters. The summed E-state index contributed by atoms with van der Waals surface area (Å²) < 4.78 is 0. The monoisotopic (exact) mass is 250 g/mol. The van der Waals surface area contributed by atoms with E-state index in [1.54, 1.807) is 0 Å². The average molecular weight is 250 g/mol. The van der Waals surface area contributed by atoms with Crippen molar-refractivity contribution >= 4 is 0 Å². The van der Waals surface area contributed by atoms with Crippen molar-refractivity contribution < 1.29 is 92.2 Å². The fraction of sp³-hybridized carbons (Fsp3) is 0. The Balaban J connectivity index is 0. The van der Waals surface area contributed by atoms with Gasteiger partial charge in [0.1, 0.15) is 0 Å². The second-order valence-corrected chi connectivity index (χ2v) is 0. The van der Waals surface area contributed by atoms with Crippen LogP contribution in [0.4, 0.5) is 0 Å². The van der Waals surface area contributed by atoms with Crippen molar-refractivity contribution in [1.29, 1.82) is 0 Å². The Hall–Kier alpha value is 2.99. The summed E-state index contributed by atoms with van der Waals surface area (Å²) in [4.78, 5) is 0. The fourth-order valence-electron chi connectivity index (χ4n) is 0. The molecule has 0 amide bonds. The van der Waals surface area contributed by atoms with Gasteiger partial charge >= 0.3 is 92.2 Å². The summed E-state index contributed by atoms with van der Waals surface area (Å²) in [6.07, 6.45) is 0. The Morgan fingerprint density at radius 2 is 0.300 bits per heavy atom. The van der Waals surface area contributed by atoms with Crippen LogP contribution in [-0.4, -0.2) is 0 Å². The average Bonchev–Trinajstić information content (AvgIpc) is 0. The van der Waals surface area contributed by atoms with Crippen LogP contribution in [0.1, 0.15) is 0 Å². The van der Waals surface area contributed by atoms with E-state index in [4.69, 9.17) is 0 Å². The zero-order chi connectivity index (χ0) is 0. The molecule has 0 aromatic rings. The summed E-state index contributed by atoms with van der Waals surface area (Å²) in [6.45, 7) is 0. The molecule has 0 aliphatic heterocycles. The van der Waals surface area contributed by atoms with Crippen molar-refractivity contribution in [3.63, 3.8) is 0 Å². The first-order valence-electron chi connectivity index (χ1n) is 0. The van der Waals surface area contributed by atoms with E-state index in [9.17, 15) is 0 Å². The minimum atomic E-state index is 0. The minimum Gasteiger partial charge on any atom is -0.358 e. The van der Waals surface area contributed by atoms with Crippen LogP contribution < -0.4 is 56.6 Å². The van der Waals surface area contributed by atoms with Gasteiger partial charge in [0.15, 0.2) is 0 Å². The second kappa shape index (κ2) is 162. The van der Waals surface area contributed by atoms with E-state index < -0.39 is 0 Å². The Bertz CT molecular complexity index is 13.0. The molecule has 0 aromatic carbocycles. The maximum absolute atomic E-state index is 0. The topological polar surface area (TPSA) is 0 Å². The molecule has 0 rings (SSSR count). The Morgan fingerprint density at radius 3 is 0.300 bits per heavy atom. The number of rotatable bonds is 0. The van der Waals surface area contributed by atoms with Gasteiger partial charge in [-0.1, -0.05) is 0 Å². The summed E-state index contributed by atoms with van der Waals surface area (Å²) in [5, 5.41) is 0. The van der Waals surface area contributed by atoms with E-state index in [1.807, 2.05) is 0 Å². The molecule has 0 atom stereocenters. The summed E-state index contributed by atoms with van der Waals surface area (Å²) in [7, 11) is 0. The molecule has 4 heteroatoms. The maximum Gasteiger partial charge on any atom is 3.00 e. The quantitative estimate of drug-likeness (QED) is 0.296. The van der Waals surface area contributed by atoms with Crippen LogP contribution in [0.25, 0.3) is 0 Å². The molecule has 48 valence electrons. The molecule has 0 spiro atoms. The first kappa shape index (κ1) is 209. The summed E-state index contributed by atoms with van der Waals surface area (Å²) in [6, 6.07) is 0. The van der Waals surface area contributed by atoms with Gasteiger partial charge in [-0.2, -0.15) is 0 Å². The molecule has 0 aliphatic rings. The molecule has 0 saturated carbocycles. The van der Waals surface area contributed by atoms with Crippen LogP contribution in [0.5, 0.6) is 0 Å². The summed E-state index contributed by atoms with van der Waals surface area (Å²) in [5.41, 5.74) is 0. The van der Waals surface area contributed by atoms with Crippen molar-refractivity contribution in [3.05, 3.63) is 44.6 Å². The summed E-state index contributed by atoms with van der Waals surface area (Å²) in [5.74, 6) is 0. The molecule has 0 N–H and O–H groups in total. The van der Waals surface area contributed by atoms with Crippen molar-refractivity contribution in [3.8, 4) is 0 Å². The third-order valence-corrected chi connectivity index (χ3v) is 0. The molecule has 0 aromatic heterocycles. The molecule has 0 saturated heterocycles. The smallest absolute Gasteiger partial charge is 0.358 e. The van der Waals surface area contributed by atoms with E-state index in [0.717, 1.165) is 0 Å². The normalized spacial score (nSPS) is 0. The first-order chi connectivity index (χ1) is 0. The zero-order valence-corrected chi connectivity index (χ0v) is 13.2. The molecule has 0 fully saturated rings. The molecule has 0 heterocycles. The third kappa shape index (κ3) is 123. The third-order valence-electron chi connectivity index (χ3n) is 0. The SMILES string of the molecule is [CH3-].[CH3-].[CH3-].[CH3-].[CH3-].[CH3-].[La+3].[Li+].[Li+].[Li+]. The van der Waals surface area contributed by atoms with Crippen molar-refractivity contribution in [2.75, 3.05) is 0 Å². The fourth-order valence-corrected chi connectivity index (χ4v) is 0. The largest absolute Gasteiger partial charge is 3.00 e. The van der Waals surface area contributed by atoms with Crippen LogP contribution in [0.2, 0.25) is 0 Å². The van der Waals surface area contributed by atoms with Crippen LogP contribution in [0.3, 0.4) is 0 Å². The molecular formula is C6H18LaLi3. The molecule has 0 nitrogen and oxygen atoms in total. The van der Waals surface area contributed by atoms with Crippen LogP contribution in [0.15, 0.2) is 0 Å². The Kier molecular flexibility index (Phi) is 3390. The van der Waals surface area contributed by atoms with Gasteiger partial charge in [-0.15, -0.1) is 0 Å².